The van der Waals surface area contributed by atoms with Gasteiger partial charge in [0.25, 0.3) is 0 Å². The molecule has 0 fully saturated rings. The normalized spacial score (nSPS) is 10.3. The Kier molecular flexibility index (Phi) is 2.55. The van der Waals surface area contributed by atoms with Gasteiger partial charge in [-0.3, -0.25) is 4.98 Å². The molecule has 1 heterocycles. The summed E-state index contributed by atoms with van der Waals surface area (Å²) in [7, 11) is 0. The van der Waals surface area contributed by atoms with Gasteiger partial charge in [0.1, 0.15) is 0 Å². The van der Waals surface area contributed by atoms with Crippen LogP contribution >= 0.6 is 0 Å². The first-order chi connectivity index (χ1) is 7.16. The third-order valence-electron chi connectivity index (χ3n) is 2.58. The van der Waals surface area contributed by atoms with Gasteiger partial charge in [-0.05, 0) is 50.1 Å². The molecule has 76 valence electrons. The molecular weight excluding hydrogens is 182 g/mol. The highest BCUT2D eigenvalue weighted by Gasteiger charge is 2.03. The van der Waals surface area contributed by atoms with Gasteiger partial charge in [-0.2, -0.15) is 0 Å². The van der Waals surface area contributed by atoms with Gasteiger partial charge in [-0.15, -0.1) is 0 Å². The molecule has 0 bridgehead atoms. The van der Waals surface area contributed by atoms with Crippen molar-refractivity contribution in [1.82, 2.24) is 4.98 Å². The lowest BCUT2D eigenvalue weighted by molar-refractivity contribution is 1.26. The van der Waals surface area contributed by atoms with Crippen molar-refractivity contribution in [3.8, 4) is 11.3 Å². The largest absolute Gasteiger partial charge is 0.256 e. The molecule has 0 amide bonds. The molecule has 0 unspecified atom stereocenters. The van der Waals surface area contributed by atoms with Crippen LogP contribution in [-0.4, -0.2) is 4.98 Å². The van der Waals surface area contributed by atoms with Crippen LogP contribution in [0.4, 0.5) is 0 Å². The Balaban J connectivity index is 2.58. The van der Waals surface area contributed by atoms with Crippen molar-refractivity contribution in [2.45, 2.75) is 20.8 Å². The summed E-state index contributed by atoms with van der Waals surface area (Å²) in [6.45, 7) is 6.33. The van der Waals surface area contributed by atoms with Crippen molar-refractivity contribution in [2.24, 2.45) is 0 Å². The monoisotopic (exact) mass is 197 g/mol. The maximum Gasteiger partial charge on any atom is 0.0707 e. The van der Waals surface area contributed by atoms with Crippen molar-refractivity contribution in [3.05, 3.63) is 53.2 Å². The van der Waals surface area contributed by atoms with Crippen LogP contribution in [0.15, 0.2) is 36.5 Å². The van der Waals surface area contributed by atoms with Gasteiger partial charge >= 0.3 is 0 Å². The zero-order valence-corrected chi connectivity index (χ0v) is 9.41. The molecule has 0 aliphatic carbocycles. The maximum atomic E-state index is 4.41. The second-order valence-corrected chi connectivity index (χ2v) is 4.04. The van der Waals surface area contributed by atoms with Gasteiger partial charge in [-0.25, -0.2) is 0 Å². The van der Waals surface area contributed by atoms with Crippen LogP contribution in [0, 0.1) is 20.8 Å². The fourth-order valence-corrected chi connectivity index (χ4v) is 1.70. The molecule has 0 aliphatic heterocycles. The third kappa shape index (κ3) is 2.07. The number of hydrogen-bond donors (Lipinski definition) is 0. The summed E-state index contributed by atoms with van der Waals surface area (Å²) >= 11 is 0. The van der Waals surface area contributed by atoms with Crippen LogP contribution in [-0.2, 0) is 0 Å². The second kappa shape index (κ2) is 3.85. The first kappa shape index (κ1) is 9.91. The van der Waals surface area contributed by atoms with Crippen molar-refractivity contribution < 1.29 is 0 Å². The van der Waals surface area contributed by atoms with Gasteiger partial charge < -0.3 is 0 Å². The van der Waals surface area contributed by atoms with Gasteiger partial charge in [0.05, 0.1) is 5.69 Å². The Bertz CT molecular complexity index is 486. The first-order valence-electron chi connectivity index (χ1n) is 5.17. The van der Waals surface area contributed by atoms with Crippen LogP contribution in [0.1, 0.15) is 16.7 Å². The minimum absolute atomic E-state index is 1.07. The lowest BCUT2D eigenvalue weighted by Crippen LogP contribution is -1.88. The average Bonchev–Trinajstić information content (AvgIpc) is 2.22. The molecule has 1 heteroatoms. The Morgan fingerprint density at radius 2 is 1.60 bits per heavy atom. The molecule has 0 saturated carbocycles. The average molecular weight is 197 g/mol. The molecule has 0 N–H and O–H groups in total. The van der Waals surface area contributed by atoms with Gasteiger partial charge in [0.15, 0.2) is 0 Å². The molecule has 0 radical (unpaired) electrons. The third-order valence-corrected chi connectivity index (χ3v) is 2.58. The summed E-state index contributed by atoms with van der Waals surface area (Å²) in [5.41, 5.74) is 6.11. The molecule has 0 aliphatic rings. The van der Waals surface area contributed by atoms with Crippen LogP contribution in [0.5, 0.6) is 0 Å². The van der Waals surface area contributed by atoms with E-state index in [-0.39, 0.29) is 0 Å². The molecule has 2 rings (SSSR count). The lowest BCUT2D eigenvalue weighted by Gasteiger charge is -2.06. The van der Waals surface area contributed by atoms with E-state index in [4.69, 9.17) is 0 Å². The highest BCUT2D eigenvalue weighted by atomic mass is 14.7. The minimum atomic E-state index is 1.07. The number of aryl methyl sites for hydroxylation is 3. The molecule has 15 heavy (non-hydrogen) atoms. The van der Waals surface area contributed by atoms with Gasteiger partial charge in [0, 0.05) is 11.8 Å². The first-order valence-corrected chi connectivity index (χ1v) is 5.17. The molecule has 1 nitrogen and oxygen atoms in total. The van der Waals surface area contributed by atoms with Crippen LogP contribution in [0.25, 0.3) is 11.3 Å². The van der Waals surface area contributed by atoms with E-state index in [2.05, 4.69) is 50.0 Å². The quantitative estimate of drug-likeness (QED) is 0.679. The zero-order valence-electron chi connectivity index (χ0n) is 9.41. The summed E-state index contributed by atoms with van der Waals surface area (Å²) < 4.78 is 0. The van der Waals surface area contributed by atoms with E-state index in [1.165, 1.54) is 22.3 Å². The van der Waals surface area contributed by atoms with E-state index in [9.17, 15) is 0 Å². The molecule has 1 aromatic heterocycles. The molecule has 2 aromatic rings. The Morgan fingerprint density at radius 3 is 2.33 bits per heavy atom. The van der Waals surface area contributed by atoms with Crippen LogP contribution in [0.3, 0.4) is 0 Å². The maximum absolute atomic E-state index is 4.41. The van der Waals surface area contributed by atoms with Crippen molar-refractivity contribution in [3.63, 3.8) is 0 Å². The van der Waals surface area contributed by atoms with Crippen molar-refractivity contribution >= 4 is 0 Å². The van der Waals surface area contributed by atoms with Gasteiger partial charge in [-0.1, -0.05) is 17.7 Å². The van der Waals surface area contributed by atoms with Crippen molar-refractivity contribution in [1.29, 1.82) is 0 Å². The molecule has 0 spiro atoms. The number of aromatic nitrogens is 1. The number of hydrogen-bond acceptors (Lipinski definition) is 1. The fourth-order valence-electron chi connectivity index (χ4n) is 1.70. The highest BCUT2D eigenvalue weighted by Crippen LogP contribution is 2.22. The molecule has 0 saturated heterocycles. The van der Waals surface area contributed by atoms with Gasteiger partial charge in [0.2, 0.25) is 0 Å². The second-order valence-electron chi connectivity index (χ2n) is 4.04. The minimum Gasteiger partial charge on any atom is -0.256 e. The SMILES string of the molecule is Cc1ccnc(-c2cc(C)ccc2C)c1. The van der Waals surface area contributed by atoms with Crippen LogP contribution in [0.2, 0.25) is 0 Å². The molecule has 0 atom stereocenters. The Hall–Kier alpha value is -1.63. The summed E-state index contributed by atoms with van der Waals surface area (Å²) in [6.07, 6.45) is 1.87. The predicted molar refractivity (Wildman–Crippen MR) is 63.9 cm³/mol. The summed E-state index contributed by atoms with van der Waals surface area (Å²) in [4.78, 5) is 4.41. The number of nitrogens with zero attached hydrogens (tertiary/aromatic N) is 1. The van der Waals surface area contributed by atoms with E-state index in [1.807, 2.05) is 12.3 Å². The van der Waals surface area contributed by atoms with E-state index in [0.29, 0.717) is 0 Å². The van der Waals surface area contributed by atoms with E-state index >= 15 is 0 Å². The predicted octanol–water partition coefficient (Wildman–Crippen LogP) is 3.67. The summed E-state index contributed by atoms with van der Waals surface area (Å²) in [5.74, 6) is 0. The smallest absolute Gasteiger partial charge is 0.0707 e. The van der Waals surface area contributed by atoms with E-state index in [0.717, 1.165) is 5.69 Å². The summed E-state index contributed by atoms with van der Waals surface area (Å²) in [5, 5.41) is 0. The standard InChI is InChI=1S/C14H15N/c1-10-4-5-12(3)13(8-10)14-9-11(2)6-7-15-14/h4-9H,1-3H3. The zero-order chi connectivity index (χ0) is 10.8. The molecule has 1 aromatic carbocycles. The van der Waals surface area contributed by atoms with Crippen molar-refractivity contribution in [2.75, 3.05) is 0 Å². The number of rotatable bonds is 1. The van der Waals surface area contributed by atoms with E-state index < -0.39 is 0 Å². The highest BCUT2D eigenvalue weighted by molar-refractivity contribution is 5.64. The Morgan fingerprint density at radius 1 is 0.867 bits per heavy atom. The number of benzene rings is 1. The number of pyridine rings is 1. The lowest BCUT2D eigenvalue weighted by atomic mass is 10.0. The Labute approximate surface area is 90.8 Å². The topological polar surface area (TPSA) is 12.9 Å². The van der Waals surface area contributed by atoms with E-state index in [1.54, 1.807) is 0 Å². The summed E-state index contributed by atoms with van der Waals surface area (Å²) in [6, 6.07) is 10.6. The fraction of sp³-hybridized carbons (Fsp3) is 0.214. The molecular formula is C14H15N. The van der Waals surface area contributed by atoms with Crippen LogP contribution < -0.4 is 0 Å².